The van der Waals surface area contributed by atoms with E-state index in [0.29, 0.717) is 16.9 Å². The third kappa shape index (κ3) is 3.31. The molecule has 172 valence electrons. The molecule has 0 radical (unpaired) electrons. The van der Waals surface area contributed by atoms with Crippen LogP contribution in [0.5, 0.6) is 0 Å². The fourth-order valence-electron chi connectivity index (χ4n) is 5.04. The van der Waals surface area contributed by atoms with Gasteiger partial charge in [-0.1, -0.05) is 48.8 Å². The van der Waals surface area contributed by atoms with Gasteiger partial charge in [-0.15, -0.1) is 0 Å². The van der Waals surface area contributed by atoms with Gasteiger partial charge in [0.2, 0.25) is 0 Å². The molecule has 1 aliphatic heterocycles. The average Bonchev–Trinajstić information content (AvgIpc) is 3.34. The molecule has 7 nitrogen and oxygen atoms in total. The monoisotopic (exact) mass is 453 g/mol. The number of unbranched alkanes of at least 4 members (excludes halogenated alkanes) is 1. The van der Waals surface area contributed by atoms with Gasteiger partial charge in [0.1, 0.15) is 11.3 Å². The third-order valence-corrected chi connectivity index (χ3v) is 6.82. The number of hydrogen-bond acceptors (Lipinski definition) is 7. The van der Waals surface area contributed by atoms with Gasteiger partial charge in [0, 0.05) is 55.7 Å². The Kier molecular flexibility index (Phi) is 5.17. The molecule has 4 aromatic rings. The van der Waals surface area contributed by atoms with Crippen LogP contribution in [0.3, 0.4) is 0 Å². The summed E-state index contributed by atoms with van der Waals surface area (Å²) in [5, 5.41) is 8.86. The van der Waals surface area contributed by atoms with E-state index in [4.69, 9.17) is 4.52 Å². The van der Waals surface area contributed by atoms with Crippen molar-refractivity contribution in [2.75, 3.05) is 47.8 Å². The highest BCUT2D eigenvalue weighted by atomic mass is 16.5. The molecule has 0 amide bonds. The van der Waals surface area contributed by atoms with Crippen molar-refractivity contribution in [3.63, 3.8) is 0 Å². The maximum absolute atomic E-state index is 13.6. The number of nitrogens with zero attached hydrogens (tertiary/aromatic N) is 4. The van der Waals surface area contributed by atoms with E-state index < -0.39 is 0 Å². The van der Waals surface area contributed by atoms with Crippen LogP contribution in [0.15, 0.2) is 59.3 Å². The Labute approximate surface area is 198 Å². The number of hydrogen-bond donors (Lipinski definition) is 1. The Morgan fingerprint density at radius 3 is 2.53 bits per heavy atom. The topological polar surface area (TPSA) is 74.5 Å². The lowest BCUT2D eigenvalue weighted by atomic mass is 9.86. The summed E-state index contributed by atoms with van der Waals surface area (Å²) in [4.78, 5) is 22.8. The molecule has 0 atom stereocenters. The van der Waals surface area contributed by atoms with E-state index in [1.807, 2.05) is 42.6 Å². The number of carbonyl (C=O) groups is 1. The minimum absolute atomic E-state index is 0.0295. The standard InChI is InChI=1S/C27H27N5O2/c1-2-3-11-28-20-17-21(31-13-15-32(16-14-31)22-10-6-7-12-29-22)25-24-23(20)26(33)18-8-4-5-9-19(18)27(24)34-30-25/h4-10,12,17,28H,2-3,11,13-16H2,1H3. The van der Waals surface area contributed by atoms with E-state index >= 15 is 0 Å². The Morgan fingerprint density at radius 1 is 1.00 bits per heavy atom. The van der Waals surface area contributed by atoms with E-state index in [-0.39, 0.29) is 5.78 Å². The van der Waals surface area contributed by atoms with E-state index in [2.05, 4.69) is 44.3 Å². The van der Waals surface area contributed by atoms with Gasteiger partial charge in [-0.3, -0.25) is 4.79 Å². The second-order valence-corrected chi connectivity index (χ2v) is 8.87. The largest absolute Gasteiger partial charge is 0.384 e. The van der Waals surface area contributed by atoms with Gasteiger partial charge in [-0.05, 0) is 24.6 Å². The van der Waals surface area contributed by atoms with Gasteiger partial charge in [-0.25, -0.2) is 4.98 Å². The molecule has 1 saturated heterocycles. The van der Waals surface area contributed by atoms with E-state index in [1.54, 1.807) is 0 Å². The van der Waals surface area contributed by atoms with Gasteiger partial charge >= 0.3 is 0 Å². The number of pyridine rings is 1. The first-order chi connectivity index (χ1) is 16.8. The zero-order valence-electron chi connectivity index (χ0n) is 19.3. The molecule has 1 fully saturated rings. The highest BCUT2D eigenvalue weighted by molar-refractivity contribution is 6.28. The van der Waals surface area contributed by atoms with E-state index in [0.717, 1.165) is 79.2 Å². The van der Waals surface area contributed by atoms with Gasteiger partial charge in [0.25, 0.3) is 0 Å². The van der Waals surface area contributed by atoms with Crippen LogP contribution in [0.25, 0.3) is 22.2 Å². The summed E-state index contributed by atoms with van der Waals surface area (Å²) in [5.74, 6) is 1.72. The van der Waals surface area contributed by atoms with Gasteiger partial charge < -0.3 is 19.6 Å². The Balaban J connectivity index is 1.42. The number of nitrogens with one attached hydrogen (secondary N) is 1. The van der Waals surface area contributed by atoms with Gasteiger partial charge in [0.15, 0.2) is 11.5 Å². The van der Waals surface area contributed by atoms with Crippen molar-refractivity contribution < 1.29 is 9.32 Å². The SMILES string of the molecule is CCCCNc1cc(N2CCN(c3ccccn3)CC2)c2noc3c2c1C(=O)c1ccccc1-3. The second-order valence-electron chi connectivity index (χ2n) is 8.87. The van der Waals surface area contributed by atoms with Crippen LogP contribution in [0.2, 0.25) is 0 Å². The van der Waals surface area contributed by atoms with Crippen molar-refractivity contribution in [2.45, 2.75) is 19.8 Å². The smallest absolute Gasteiger partial charge is 0.196 e. The molecule has 2 aliphatic rings. The number of aromatic nitrogens is 2. The minimum Gasteiger partial charge on any atom is -0.384 e. The summed E-state index contributed by atoms with van der Waals surface area (Å²) in [6.45, 7) is 6.40. The zero-order valence-corrected chi connectivity index (χ0v) is 19.3. The number of carbonyl (C=O) groups excluding carboxylic acids is 1. The number of benzene rings is 2. The first-order valence-electron chi connectivity index (χ1n) is 12.0. The van der Waals surface area contributed by atoms with Crippen LogP contribution in [0, 0.1) is 0 Å². The number of piperazine rings is 1. The summed E-state index contributed by atoms with van der Waals surface area (Å²) < 4.78 is 5.90. The van der Waals surface area contributed by atoms with Gasteiger partial charge in [-0.2, -0.15) is 0 Å². The molecule has 7 heteroatoms. The lowest BCUT2D eigenvalue weighted by Crippen LogP contribution is -2.47. The molecule has 3 heterocycles. The summed E-state index contributed by atoms with van der Waals surface area (Å²) in [5.41, 5.74) is 4.81. The van der Waals surface area contributed by atoms with Crippen LogP contribution in [-0.2, 0) is 0 Å². The molecular formula is C27H27N5O2. The highest BCUT2D eigenvalue weighted by Gasteiger charge is 2.34. The van der Waals surface area contributed by atoms with Crippen molar-refractivity contribution >= 4 is 33.9 Å². The van der Waals surface area contributed by atoms with Crippen molar-refractivity contribution in [1.29, 1.82) is 0 Å². The molecule has 2 aromatic heterocycles. The molecule has 34 heavy (non-hydrogen) atoms. The van der Waals surface area contributed by atoms with Crippen LogP contribution in [0.4, 0.5) is 17.2 Å². The summed E-state index contributed by atoms with van der Waals surface area (Å²) in [6.07, 6.45) is 3.96. The van der Waals surface area contributed by atoms with Crippen LogP contribution in [0.1, 0.15) is 35.7 Å². The van der Waals surface area contributed by atoms with Crippen molar-refractivity contribution in [2.24, 2.45) is 0 Å². The molecule has 0 bridgehead atoms. The van der Waals surface area contributed by atoms with Crippen LogP contribution < -0.4 is 15.1 Å². The number of rotatable bonds is 6. The number of ketones is 1. The predicted molar refractivity (Wildman–Crippen MR) is 135 cm³/mol. The number of fused-ring (bicyclic) bond motifs is 2. The molecule has 1 N–H and O–H groups in total. The molecule has 6 rings (SSSR count). The van der Waals surface area contributed by atoms with E-state index in [9.17, 15) is 4.79 Å². The lowest BCUT2D eigenvalue weighted by molar-refractivity contribution is 0.104. The second kappa shape index (κ2) is 8.48. The Hall–Kier alpha value is -3.87. The minimum atomic E-state index is 0.0295. The summed E-state index contributed by atoms with van der Waals surface area (Å²) in [7, 11) is 0. The average molecular weight is 454 g/mol. The molecule has 0 saturated carbocycles. The van der Waals surface area contributed by atoms with Crippen molar-refractivity contribution in [1.82, 2.24) is 10.1 Å². The fourth-order valence-corrected chi connectivity index (χ4v) is 5.04. The van der Waals surface area contributed by atoms with Gasteiger partial charge in [0.05, 0.1) is 16.6 Å². The fraction of sp³-hybridized carbons (Fsp3) is 0.296. The molecule has 0 spiro atoms. The first-order valence-corrected chi connectivity index (χ1v) is 12.0. The quantitative estimate of drug-likeness (QED) is 0.364. The number of anilines is 3. The van der Waals surface area contributed by atoms with Crippen LogP contribution in [-0.4, -0.2) is 48.6 Å². The maximum Gasteiger partial charge on any atom is 0.196 e. The molecular weight excluding hydrogens is 426 g/mol. The van der Waals surface area contributed by atoms with Crippen molar-refractivity contribution in [3.8, 4) is 11.3 Å². The first kappa shape index (κ1) is 20.7. The third-order valence-electron chi connectivity index (χ3n) is 6.82. The predicted octanol–water partition coefficient (Wildman–Crippen LogP) is 4.97. The summed E-state index contributed by atoms with van der Waals surface area (Å²) >= 11 is 0. The zero-order chi connectivity index (χ0) is 23.1. The normalized spacial score (nSPS) is 15.0. The highest BCUT2D eigenvalue weighted by Crippen LogP contribution is 2.45. The van der Waals surface area contributed by atoms with E-state index in [1.165, 1.54) is 0 Å². The molecule has 2 aromatic carbocycles. The Morgan fingerprint density at radius 2 is 1.76 bits per heavy atom. The Bertz CT molecular complexity index is 1360. The van der Waals surface area contributed by atoms with Crippen molar-refractivity contribution in [3.05, 3.63) is 65.9 Å². The summed E-state index contributed by atoms with van der Waals surface area (Å²) in [6, 6.07) is 15.8. The van der Waals surface area contributed by atoms with Crippen LogP contribution >= 0.6 is 0 Å². The molecule has 0 unspecified atom stereocenters. The molecule has 1 aliphatic carbocycles. The maximum atomic E-state index is 13.6. The lowest BCUT2D eigenvalue weighted by Gasteiger charge is -2.37.